The molecule has 0 unspecified atom stereocenters. The summed E-state index contributed by atoms with van der Waals surface area (Å²) in [6, 6.07) is 13.7. The number of benzene rings is 2. The van der Waals surface area contributed by atoms with Gasteiger partial charge < -0.3 is 14.8 Å². The zero-order chi connectivity index (χ0) is 17.0. The molecule has 3 rings (SSSR count). The molecule has 0 aliphatic carbocycles. The summed E-state index contributed by atoms with van der Waals surface area (Å²) < 4.78 is 38.5. The summed E-state index contributed by atoms with van der Waals surface area (Å²) in [6.45, 7) is 1.27. The maximum absolute atomic E-state index is 12.7. The minimum atomic E-state index is -3.70. The number of anilines is 2. The normalized spacial score (nSPS) is 17.5. The van der Waals surface area contributed by atoms with E-state index < -0.39 is 10.0 Å². The summed E-state index contributed by atoms with van der Waals surface area (Å²) in [5, 5.41) is 3.26. The van der Waals surface area contributed by atoms with Crippen molar-refractivity contribution < 1.29 is 17.9 Å². The largest absolute Gasteiger partial charge is 0.497 e. The van der Waals surface area contributed by atoms with Gasteiger partial charge in [0.1, 0.15) is 10.6 Å². The van der Waals surface area contributed by atoms with Crippen LogP contribution in [0.5, 0.6) is 5.75 Å². The maximum Gasteiger partial charge on any atom is 0.263 e. The summed E-state index contributed by atoms with van der Waals surface area (Å²) >= 11 is 0. The Kier molecular flexibility index (Phi) is 4.92. The number of ether oxygens (including phenoxy) is 2. The SMILES string of the molecule is COc1ccc(NS(=O)(=O)c2ccccc2N[C@H]2CCOC2)cc1. The van der Waals surface area contributed by atoms with Gasteiger partial charge in [-0.25, -0.2) is 8.42 Å². The lowest BCUT2D eigenvalue weighted by Gasteiger charge is -2.17. The highest BCUT2D eigenvalue weighted by Crippen LogP contribution is 2.26. The molecule has 0 radical (unpaired) electrons. The quantitative estimate of drug-likeness (QED) is 0.839. The van der Waals surface area contributed by atoms with E-state index in [-0.39, 0.29) is 10.9 Å². The molecule has 0 saturated carbocycles. The van der Waals surface area contributed by atoms with Gasteiger partial charge in [-0.05, 0) is 42.8 Å². The van der Waals surface area contributed by atoms with Crippen molar-refractivity contribution in [3.05, 3.63) is 48.5 Å². The topological polar surface area (TPSA) is 76.7 Å². The van der Waals surface area contributed by atoms with Crippen molar-refractivity contribution in [3.63, 3.8) is 0 Å². The van der Waals surface area contributed by atoms with E-state index in [1.165, 1.54) is 0 Å². The number of methoxy groups -OCH3 is 1. The minimum absolute atomic E-state index is 0.127. The molecule has 0 spiro atoms. The van der Waals surface area contributed by atoms with Crippen LogP contribution in [-0.4, -0.2) is 34.8 Å². The van der Waals surface area contributed by atoms with Gasteiger partial charge in [-0.1, -0.05) is 12.1 Å². The summed E-state index contributed by atoms with van der Waals surface area (Å²) in [7, 11) is -2.14. The summed E-state index contributed by atoms with van der Waals surface area (Å²) in [6.07, 6.45) is 0.861. The average Bonchev–Trinajstić information content (AvgIpc) is 3.09. The smallest absolute Gasteiger partial charge is 0.263 e. The molecular weight excluding hydrogens is 328 g/mol. The molecule has 2 aromatic rings. The zero-order valence-electron chi connectivity index (χ0n) is 13.4. The number of para-hydroxylation sites is 1. The Hall–Kier alpha value is -2.25. The number of sulfonamides is 1. The number of hydrogen-bond donors (Lipinski definition) is 2. The maximum atomic E-state index is 12.7. The molecule has 1 aliphatic rings. The fraction of sp³-hybridized carbons (Fsp3) is 0.294. The highest BCUT2D eigenvalue weighted by molar-refractivity contribution is 7.92. The van der Waals surface area contributed by atoms with E-state index in [2.05, 4.69) is 10.0 Å². The first-order chi connectivity index (χ1) is 11.6. The lowest BCUT2D eigenvalue weighted by Crippen LogP contribution is -2.22. The monoisotopic (exact) mass is 348 g/mol. The van der Waals surface area contributed by atoms with Crippen molar-refractivity contribution in [2.45, 2.75) is 17.4 Å². The van der Waals surface area contributed by atoms with Gasteiger partial charge in [-0.2, -0.15) is 0 Å². The van der Waals surface area contributed by atoms with Crippen LogP contribution in [0.2, 0.25) is 0 Å². The Bertz CT molecular complexity index is 784. The lowest BCUT2D eigenvalue weighted by molar-refractivity contribution is 0.195. The molecule has 24 heavy (non-hydrogen) atoms. The van der Waals surface area contributed by atoms with Gasteiger partial charge >= 0.3 is 0 Å². The molecule has 0 amide bonds. The Balaban J connectivity index is 1.83. The molecule has 0 aromatic heterocycles. The van der Waals surface area contributed by atoms with Crippen molar-refractivity contribution in [1.29, 1.82) is 0 Å². The summed E-state index contributed by atoms with van der Waals surface area (Å²) in [5.41, 5.74) is 1.06. The molecule has 1 saturated heterocycles. The van der Waals surface area contributed by atoms with Crippen LogP contribution in [0.1, 0.15) is 6.42 Å². The molecule has 7 heteroatoms. The second kappa shape index (κ2) is 7.11. The second-order valence-electron chi connectivity index (χ2n) is 5.54. The van der Waals surface area contributed by atoms with E-state index in [1.807, 2.05) is 6.07 Å². The Morgan fingerprint density at radius 1 is 1.12 bits per heavy atom. The Morgan fingerprint density at radius 2 is 1.88 bits per heavy atom. The first-order valence-corrected chi connectivity index (χ1v) is 9.17. The predicted octanol–water partition coefficient (Wildman–Crippen LogP) is 2.70. The molecule has 1 fully saturated rings. The first-order valence-electron chi connectivity index (χ1n) is 7.69. The van der Waals surface area contributed by atoms with Crippen molar-refractivity contribution in [2.75, 3.05) is 30.4 Å². The van der Waals surface area contributed by atoms with Crippen LogP contribution in [0.25, 0.3) is 0 Å². The Labute approximate surface area is 141 Å². The van der Waals surface area contributed by atoms with E-state index in [0.717, 1.165) is 6.42 Å². The molecule has 0 bridgehead atoms. The summed E-state index contributed by atoms with van der Waals surface area (Å²) in [4.78, 5) is 0.215. The fourth-order valence-corrected chi connectivity index (χ4v) is 3.79. The van der Waals surface area contributed by atoms with E-state index >= 15 is 0 Å². The number of hydrogen-bond acceptors (Lipinski definition) is 5. The molecule has 1 heterocycles. The van der Waals surface area contributed by atoms with Gasteiger partial charge in [0.25, 0.3) is 10.0 Å². The average molecular weight is 348 g/mol. The van der Waals surface area contributed by atoms with Crippen molar-refractivity contribution in [3.8, 4) is 5.75 Å². The van der Waals surface area contributed by atoms with Gasteiger partial charge in [0.15, 0.2) is 0 Å². The van der Waals surface area contributed by atoms with Crippen LogP contribution in [-0.2, 0) is 14.8 Å². The Morgan fingerprint density at radius 3 is 2.54 bits per heavy atom. The van der Waals surface area contributed by atoms with Crippen molar-refractivity contribution in [2.24, 2.45) is 0 Å². The first kappa shape index (κ1) is 16.6. The zero-order valence-corrected chi connectivity index (χ0v) is 14.2. The van der Waals surface area contributed by atoms with Crippen molar-refractivity contribution >= 4 is 21.4 Å². The van der Waals surface area contributed by atoms with E-state index in [9.17, 15) is 8.42 Å². The number of rotatable bonds is 6. The van der Waals surface area contributed by atoms with Gasteiger partial charge in [-0.15, -0.1) is 0 Å². The molecule has 128 valence electrons. The van der Waals surface area contributed by atoms with Crippen LogP contribution in [0.4, 0.5) is 11.4 Å². The van der Waals surface area contributed by atoms with Crippen LogP contribution < -0.4 is 14.8 Å². The van der Waals surface area contributed by atoms with Crippen LogP contribution >= 0.6 is 0 Å². The summed E-state index contributed by atoms with van der Waals surface area (Å²) in [5.74, 6) is 0.668. The molecule has 1 aliphatic heterocycles. The molecule has 2 N–H and O–H groups in total. The van der Waals surface area contributed by atoms with Crippen LogP contribution in [0.15, 0.2) is 53.4 Å². The van der Waals surface area contributed by atoms with Gasteiger partial charge in [-0.3, -0.25) is 4.72 Å². The fourth-order valence-electron chi connectivity index (χ4n) is 2.56. The highest BCUT2D eigenvalue weighted by Gasteiger charge is 2.22. The molecule has 6 nitrogen and oxygen atoms in total. The lowest BCUT2D eigenvalue weighted by atomic mass is 10.2. The minimum Gasteiger partial charge on any atom is -0.497 e. The van der Waals surface area contributed by atoms with Gasteiger partial charge in [0.2, 0.25) is 0 Å². The standard InChI is InChI=1S/C17H20N2O4S/c1-22-15-8-6-13(7-9-15)19-24(20,21)17-5-3-2-4-16(17)18-14-10-11-23-12-14/h2-9,14,18-19H,10-12H2,1H3/t14-/m0/s1. The third-order valence-electron chi connectivity index (χ3n) is 3.81. The number of nitrogens with one attached hydrogen (secondary N) is 2. The molecular formula is C17H20N2O4S. The van der Waals surface area contributed by atoms with Crippen LogP contribution in [0.3, 0.4) is 0 Å². The van der Waals surface area contributed by atoms with E-state index in [1.54, 1.807) is 49.6 Å². The predicted molar refractivity (Wildman–Crippen MR) is 93.1 cm³/mol. The van der Waals surface area contributed by atoms with Crippen LogP contribution in [0, 0.1) is 0 Å². The van der Waals surface area contributed by atoms with E-state index in [0.29, 0.717) is 30.3 Å². The second-order valence-corrected chi connectivity index (χ2v) is 7.19. The highest BCUT2D eigenvalue weighted by atomic mass is 32.2. The third kappa shape index (κ3) is 3.80. The molecule has 1 atom stereocenters. The van der Waals surface area contributed by atoms with Gasteiger partial charge in [0.05, 0.1) is 25.4 Å². The molecule has 2 aromatic carbocycles. The van der Waals surface area contributed by atoms with Gasteiger partial charge in [0, 0.05) is 12.3 Å². The van der Waals surface area contributed by atoms with Crippen molar-refractivity contribution in [1.82, 2.24) is 0 Å². The third-order valence-corrected chi connectivity index (χ3v) is 5.25. The van der Waals surface area contributed by atoms with E-state index in [4.69, 9.17) is 9.47 Å².